The lowest BCUT2D eigenvalue weighted by Gasteiger charge is -2.37. The van der Waals surface area contributed by atoms with Crippen LogP contribution < -0.4 is 10.2 Å². The number of piperazine rings is 1. The first kappa shape index (κ1) is 16.6. The zero-order chi connectivity index (χ0) is 15.2. The lowest BCUT2D eigenvalue weighted by atomic mass is 10.1. The van der Waals surface area contributed by atoms with Crippen molar-refractivity contribution in [2.75, 3.05) is 65.3 Å². The first-order valence-electron chi connectivity index (χ1n) is 7.66. The van der Waals surface area contributed by atoms with Gasteiger partial charge in [-0.15, -0.1) is 0 Å². The van der Waals surface area contributed by atoms with E-state index < -0.39 is 0 Å². The van der Waals surface area contributed by atoms with Crippen LogP contribution in [-0.2, 0) is 6.54 Å². The molecule has 118 valence electrons. The molecule has 2 rings (SSSR count). The van der Waals surface area contributed by atoms with Gasteiger partial charge in [0.2, 0.25) is 0 Å². The van der Waals surface area contributed by atoms with Crippen LogP contribution >= 0.6 is 11.6 Å². The molecular formula is C16H27ClN4. The van der Waals surface area contributed by atoms with Crippen molar-refractivity contribution >= 4 is 17.3 Å². The Bertz CT molecular complexity index is 442. The number of hydrogen-bond acceptors (Lipinski definition) is 4. The third kappa shape index (κ3) is 4.58. The minimum Gasteiger partial charge on any atom is -0.369 e. The molecular weight excluding hydrogens is 284 g/mol. The fourth-order valence-electron chi connectivity index (χ4n) is 2.75. The van der Waals surface area contributed by atoms with Crippen molar-refractivity contribution in [3.05, 3.63) is 28.8 Å². The third-order valence-electron chi connectivity index (χ3n) is 4.02. The number of anilines is 1. The van der Waals surface area contributed by atoms with Gasteiger partial charge >= 0.3 is 0 Å². The van der Waals surface area contributed by atoms with Gasteiger partial charge in [0, 0.05) is 62.1 Å². The maximum Gasteiger partial charge on any atom is 0.0471 e. The minimum atomic E-state index is 0.815. The highest BCUT2D eigenvalue weighted by Crippen LogP contribution is 2.28. The molecule has 1 fully saturated rings. The normalized spacial score (nSPS) is 16.7. The summed E-state index contributed by atoms with van der Waals surface area (Å²) in [6.07, 6.45) is 0. The van der Waals surface area contributed by atoms with E-state index in [4.69, 9.17) is 11.6 Å². The highest BCUT2D eigenvalue weighted by atomic mass is 35.5. The molecule has 0 bridgehead atoms. The standard InChI is InChI=1S/C16H27ClN4/c1-18-13-14-15(17)5-4-6-16(14)21-11-9-20(10-12-21)8-7-19(2)3/h4-6,18H,7-13H2,1-3H3. The second-order valence-corrected chi connectivity index (χ2v) is 6.31. The first-order chi connectivity index (χ1) is 10.1. The molecule has 1 aromatic carbocycles. The summed E-state index contributed by atoms with van der Waals surface area (Å²) < 4.78 is 0. The zero-order valence-electron chi connectivity index (χ0n) is 13.4. The number of likely N-dealkylation sites (N-methyl/N-ethyl adjacent to an activating group) is 1. The molecule has 1 aliphatic heterocycles. The van der Waals surface area contributed by atoms with E-state index in [0.29, 0.717) is 0 Å². The van der Waals surface area contributed by atoms with Crippen molar-refractivity contribution in [3.8, 4) is 0 Å². The van der Waals surface area contributed by atoms with Gasteiger partial charge in [0.15, 0.2) is 0 Å². The Morgan fingerprint density at radius 3 is 2.52 bits per heavy atom. The molecule has 1 saturated heterocycles. The predicted molar refractivity (Wildman–Crippen MR) is 91.4 cm³/mol. The van der Waals surface area contributed by atoms with Crippen molar-refractivity contribution in [2.45, 2.75) is 6.54 Å². The van der Waals surface area contributed by atoms with Gasteiger partial charge in [-0.05, 0) is 33.3 Å². The zero-order valence-corrected chi connectivity index (χ0v) is 14.2. The summed E-state index contributed by atoms with van der Waals surface area (Å²) >= 11 is 6.36. The molecule has 1 aromatic rings. The molecule has 0 aliphatic carbocycles. The largest absolute Gasteiger partial charge is 0.369 e. The van der Waals surface area contributed by atoms with Crippen LogP contribution in [0.25, 0.3) is 0 Å². The van der Waals surface area contributed by atoms with E-state index in [2.05, 4.69) is 46.2 Å². The maximum absolute atomic E-state index is 6.36. The summed E-state index contributed by atoms with van der Waals surface area (Å²) in [6, 6.07) is 6.22. The topological polar surface area (TPSA) is 21.8 Å². The third-order valence-corrected chi connectivity index (χ3v) is 4.38. The van der Waals surface area contributed by atoms with Gasteiger partial charge in [0.25, 0.3) is 0 Å². The number of hydrogen-bond donors (Lipinski definition) is 1. The number of halogens is 1. The second kappa shape index (κ2) is 7.99. The Kier molecular flexibility index (Phi) is 6.30. The van der Waals surface area contributed by atoms with E-state index in [1.807, 2.05) is 13.1 Å². The lowest BCUT2D eigenvalue weighted by Crippen LogP contribution is -2.48. The van der Waals surface area contributed by atoms with Gasteiger partial charge in [-0.25, -0.2) is 0 Å². The Labute approximate surface area is 133 Å². The average Bonchev–Trinajstić information content (AvgIpc) is 2.48. The van der Waals surface area contributed by atoms with Gasteiger partial charge in [0.1, 0.15) is 0 Å². The highest BCUT2D eigenvalue weighted by molar-refractivity contribution is 6.31. The summed E-state index contributed by atoms with van der Waals surface area (Å²) in [4.78, 5) is 7.25. The van der Waals surface area contributed by atoms with Crippen LogP contribution in [0.3, 0.4) is 0 Å². The molecule has 0 atom stereocenters. The molecule has 0 radical (unpaired) electrons. The van der Waals surface area contributed by atoms with Gasteiger partial charge in [-0.3, -0.25) is 4.90 Å². The van der Waals surface area contributed by atoms with E-state index in [9.17, 15) is 0 Å². The molecule has 0 saturated carbocycles. The van der Waals surface area contributed by atoms with E-state index >= 15 is 0 Å². The molecule has 1 aliphatic rings. The van der Waals surface area contributed by atoms with Gasteiger partial charge < -0.3 is 15.1 Å². The van der Waals surface area contributed by atoms with Gasteiger partial charge in [-0.1, -0.05) is 17.7 Å². The Morgan fingerprint density at radius 2 is 1.90 bits per heavy atom. The Morgan fingerprint density at radius 1 is 1.19 bits per heavy atom. The smallest absolute Gasteiger partial charge is 0.0471 e. The molecule has 21 heavy (non-hydrogen) atoms. The van der Waals surface area contributed by atoms with Crippen molar-refractivity contribution in [2.24, 2.45) is 0 Å². The number of benzene rings is 1. The molecule has 1 heterocycles. The number of rotatable bonds is 6. The van der Waals surface area contributed by atoms with Gasteiger partial charge in [-0.2, -0.15) is 0 Å². The maximum atomic E-state index is 6.36. The van der Waals surface area contributed by atoms with Crippen LogP contribution in [0.5, 0.6) is 0 Å². The summed E-state index contributed by atoms with van der Waals surface area (Å²) in [7, 11) is 6.23. The second-order valence-electron chi connectivity index (χ2n) is 5.90. The Balaban J connectivity index is 1.97. The monoisotopic (exact) mass is 310 g/mol. The molecule has 0 amide bonds. The first-order valence-corrected chi connectivity index (χ1v) is 8.03. The molecule has 5 heteroatoms. The van der Waals surface area contributed by atoms with Crippen molar-refractivity contribution in [3.63, 3.8) is 0 Å². The molecule has 1 N–H and O–H groups in total. The fourth-order valence-corrected chi connectivity index (χ4v) is 2.99. The van der Waals surface area contributed by atoms with Crippen LogP contribution in [0.2, 0.25) is 5.02 Å². The number of nitrogens with one attached hydrogen (secondary N) is 1. The van der Waals surface area contributed by atoms with Crippen LogP contribution in [0.15, 0.2) is 18.2 Å². The summed E-state index contributed by atoms with van der Waals surface area (Å²) in [5, 5.41) is 4.08. The minimum absolute atomic E-state index is 0.815. The summed E-state index contributed by atoms with van der Waals surface area (Å²) in [6.45, 7) is 7.49. The quantitative estimate of drug-likeness (QED) is 0.864. The van der Waals surface area contributed by atoms with Crippen LogP contribution in [0, 0.1) is 0 Å². The molecule has 0 spiro atoms. The van der Waals surface area contributed by atoms with Gasteiger partial charge in [0.05, 0.1) is 0 Å². The molecule has 0 unspecified atom stereocenters. The average molecular weight is 311 g/mol. The van der Waals surface area contributed by atoms with Crippen molar-refractivity contribution in [1.82, 2.24) is 15.1 Å². The van der Waals surface area contributed by atoms with Crippen LogP contribution in [-0.4, -0.2) is 70.2 Å². The van der Waals surface area contributed by atoms with Crippen molar-refractivity contribution < 1.29 is 0 Å². The predicted octanol–water partition coefficient (Wildman–Crippen LogP) is 1.74. The fraction of sp³-hybridized carbons (Fsp3) is 0.625. The summed E-state index contributed by atoms with van der Waals surface area (Å²) in [5.41, 5.74) is 2.49. The molecule has 4 nitrogen and oxygen atoms in total. The SMILES string of the molecule is CNCc1c(Cl)cccc1N1CCN(CCN(C)C)CC1. The summed E-state index contributed by atoms with van der Waals surface area (Å²) in [5.74, 6) is 0. The van der Waals surface area contributed by atoms with Crippen molar-refractivity contribution in [1.29, 1.82) is 0 Å². The van der Waals surface area contributed by atoms with E-state index in [-0.39, 0.29) is 0 Å². The lowest BCUT2D eigenvalue weighted by molar-refractivity contribution is 0.229. The van der Waals surface area contributed by atoms with Crippen LogP contribution in [0.1, 0.15) is 5.56 Å². The van der Waals surface area contributed by atoms with E-state index in [1.54, 1.807) is 0 Å². The Hall–Kier alpha value is -0.810. The number of nitrogens with zero attached hydrogens (tertiary/aromatic N) is 3. The van der Waals surface area contributed by atoms with E-state index in [1.165, 1.54) is 11.3 Å². The van der Waals surface area contributed by atoms with Crippen LogP contribution in [0.4, 0.5) is 5.69 Å². The highest BCUT2D eigenvalue weighted by Gasteiger charge is 2.19. The molecule has 0 aromatic heterocycles. The van der Waals surface area contributed by atoms with E-state index in [0.717, 1.165) is 50.8 Å².